The maximum absolute atomic E-state index is 11.3. The molecule has 0 rings (SSSR count). The molecule has 3 atom stereocenters. The molecule has 0 amide bonds. The van der Waals surface area contributed by atoms with Gasteiger partial charge in [0.1, 0.15) is 12.4 Å². The first-order valence-electron chi connectivity index (χ1n) is 5.04. The summed E-state index contributed by atoms with van der Waals surface area (Å²) in [6, 6.07) is 0. The highest BCUT2D eigenvalue weighted by Crippen LogP contribution is 2.04. The standard InChI is InChI=1S/C11H18O4/c1-3-8(2)4-5-9(13)11(15)10(14)6-7-12/h4-5,7-8,10-11,14-15H,3,6H2,1-2H3/b5-4-/t8-,10-,11+/m0/s1. The van der Waals surface area contributed by atoms with Crippen LogP contribution in [-0.4, -0.2) is 34.5 Å². The molecule has 0 fully saturated rings. The van der Waals surface area contributed by atoms with Gasteiger partial charge in [0.2, 0.25) is 0 Å². The molecule has 0 saturated heterocycles. The summed E-state index contributed by atoms with van der Waals surface area (Å²) in [6.07, 6.45) is 1.26. The van der Waals surface area contributed by atoms with E-state index in [-0.39, 0.29) is 12.3 Å². The molecule has 15 heavy (non-hydrogen) atoms. The number of rotatable bonds is 7. The Balaban J connectivity index is 4.20. The first-order valence-corrected chi connectivity index (χ1v) is 5.04. The lowest BCUT2D eigenvalue weighted by Gasteiger charge is -2.12. The average Bonchev–Trinajstić information content (AvgIpc) is 2.24. The van der Waals surface area contributed by atoms with Crippen molar-refractivity contribution in [3.63, 3.8) is 0 Å². The van der Waals surface area contributed by atoms with Crippen LogP contribution in [0.5, 0.6) is 0 Å². The summed E-state index contributed by atoms with van der Waals surface area (Å²) < 4.78 is 0. The van der Waals surface area contributed by atoms with E-state index in [1.165, 1.54) is 6.08 Å². The molecule has 0 radical (unpaired) electrons. The Bertz CT molecular complexity index is 235. The molecule has 4 heteroatoms. The second-order valence-corrected chi connectivity index (χ2v) is 3.56. The van der Waals surface area contributed by atoms with E-state index in [0.29, 0.717) is 6.29 Å². The van der Waals surface area contributed by atoms with E-state index >= 15 is 0 Å². The van der Waals surface area contributed by atoms with Gasteiger partial charge in [0.25, 0.3) is 0 Å². The normalized spacial score (nSPS) is 17.3. The van der Waals surface area contributed by atoms with Gasteiger partial charge >= 0.3 is 0 Å². The molecule has 0 unspecified atom stereocenters. The molecule has 0 bridgehead atoms. The van der Waals surface area contributed by atoms with Gasteiger partial charge in [-0.05, 0) is 12.0 Å². The Morgan fingerprint density at radius 3 is 2.47 bits per heavy atom. The summed E-state index contributed by atoms with van der Waals surface area (Å²) in [4.78, 5) is 21.3. The number of carbonyl (C=O) groups excluding carboxylic acids is 2. The molecular weight excluding hydrogens is 196 g/mol. The van der Waals surface area contributed by atoms with Crippen molar-refractivity contribution in [2.75, 3.05) is 0 Å². The molecule has 86 valence electrons. The second kappa shape index (κ2) is 7.31. The summed E-state index contributed by atoms with van der Waals surface area (Å²) in [5.41, 5.74) is 0. The van der Waals surface area contributed by atoms with Crippen molar-refractivity contribution in [1.82, 2.24) is 0 Å². The molecule has 4 nitrogen and oxygen atoms in total. The van der Waals surface area contributed by atoms with Gasteiger partial charge in [0.15, 0.2) is 5.78 Å². The number of aliphatic hydroxyl groups is 2. The minimum atomic E-state index is -1.50. The number of aldehydes is 1. The third-order valence-electron chi connectivity index (χ3n) is 2.23. The monoisotopic (exact) mass is 214 g/mol. The Morgan fingerprint density at radius 2 is 2.00 bits per heavy atom. The Labute approximate surface area is 89.6 Å². The maximum atomic E-state index is 11.3. The number of aliphatic hydroxyl groups excluding tert-OH is 2. The molecule has 0 aliphatic rings. The second-order valence-electron chi connectivity index (χ2n) is 3.56. The van der Waals surface area contributed by atoms with Crippen LogP contribution in [0.15, 0.2) is 12.2 Å². The van der Waals surface area contributed by atoms with Gasteiger partial charge in [0, 0.05) is 6.42 Å². The summed E-state index contributed by atoms with van der Waals surface area (Å²) in [6.45, 7) is 3.93. The zero-order chi connectivity index (χ0) is 11.8. The fourth-order valence-corrected chi connectivity index (χ4v) is 0.911. The van der Waals surface area contributed by atoms with Gasteiger partial charge in [-0.2, -0.15) is 0 Å². The molecule has 0 aliphatic carbocycles. The summed E-state index contributed by atoms with van der Waals surface area (Å²) >= 11 is 0. The van der Waals surface area contributed by atoms with Gasteiger partial charge in [-0.1, -0.05) is 26.3 Å². The third kappa shape index (κ3) is 5.44. The highest BCUT2D eigenvalue weighted by molar-refractivity contribution is 5.93. The van der Waals surface area contributed by atoms with Crippen LogP contribution in [-0.2, 0) is 9.59 Å². The SMILES string of the molecule is CC[C@H](C)/C=C\C(=O)[C@@H](O)[C@@H](O)CC=O. The van der Waals surface area contributed by atoms with Crippen LogP contribution in [0.4, 0.5) is 0 Å². The molecule has 0 aromatic carbocycles. The lowest BCUT2D eigenvalue weighted by Crippen LogP contribution is -2.33. The quantitative estimate of drug-likeness (QED) is 0.477. The number of hydrogen-bond acceptors (Lipinski definition) is 4. The molecule has 0 aromatic rings. The number of carbonyl (C=O) groups is 2. The van der Waals surface area contributed by atoms with E-state index in [1.807, 2.05) is 13.8 Å². The van der Waals surface area contributed by atoms with Crippen molar-refractivity contribution in [1.29, 1.82) is 0 Å². The lowest BCUT2D eigenvalue weighted by molar-refractivity contribution is -0.129. The largest absolute Gasteiger partial charge is 0.389 e. The van der Waals surface area contributed by atoms with Crippen LogP contribution in [0.1, 0.15) is 26.7 Å². The van der Waals surface area contributed by atoms with E-state index in [4.69, 9.17) is 0 Å². The van der Waals surface area contributed by atoms with E-state index in [2.05, 4.69) is 0 Å². The van der Waals surface area contributed by atoms with Gasteiger partial charge in [-0.25, -0.2) is 0 Å². The molecule has 0 aromatic heterocycles. The van der Waals surface area contributed by atoms with Crippen molar-refractivity contribution in [2.24, 2.45) is 5.92 Å². The first kappa shape index (κ1) is 14.0. The number of ketones is 1. The Hall–Kier alpha value is -1.00. The van der Waals surface area contributed by atoms with E-state index in [0.717, 1.165) is 6.42 Å². The van der Waals surface area contributed by atoms with Crippen molar-refractivity contribution >= 4 is 12.1 Å². The average molecular weight is 214 g/mol. The fraction of sp³-hybridized carbons (Fsp3) is 0.636. The van der Waals surface area contributed by atoms with Crippen LogP contribution < -0.4 is 0 Å². The molecular formula is C11H18O4. The van der Waals surface area contributed by atoms with Crippen LogP contribution in [0.25, 0.3) is 0 Å². The zero-order valence-electron chi connectivity index (χ0n) is 9.09. The minimum absolute atomic E-state index is 0.232. The Morgan fingerprint density at radius 1 is 1.40 bits per heavy atom. The predicted molar refractivity (Wildman–Crippen MR) is 56.3 cm³/mol. The van der Waals surface area contributed by atoms with Crippen molar-refractivity contribution < 1.29 is 19.8 Å². The maximum Gasteiger partial charge on any atom is 0.186 e. The van der Waals surface area contributed by atoms with Crippen LogP contribution in [0.2, 0.25) is 0 Å². The van der Waals surface area contributed by atoms with Crippen LogP contribution in [0.3, 0.4) is 0 Å². The topological polar surface area (TPSA) is 74.6 Å². The zero-order valence-corrected chi connectivity index (χ0v) is 9.09. The first-order chi connectivity index (χ1) is 7.02. The number of hydrogen-bond donors (Lipinski definition) is 2. The molecule has 0 aliphatic heterocycles. The highest BCUT2D eigenvalue weighted by atomic mass is 16.3. The minimum Gasteiger partial charge on any atom is -0.389 e. The van der Waals surface area contributed by atoms with E-state index in [9.17, 15) is 19.8 Å². The Kier molecular flexibility index (Phi) is 6.83. The van der Waals surface area contributed by atoms with Gasteiger partial charge in [0.05, 0.1) is 6.10 Å². The summed E-state index contributed by atoms with van der Waals surface area (Å²) in [5.74, 6) is -0.311. The van der Waals surface area contributed by atoms with Crippen molar-refractivity contribution in [3.8, 4) is 0 Å². The van der Waals surface area contributed by atoms with E-state index < -0.39 is 18.0 Å². The molecule has 0 spiro atoms. The van der Waals surface area contributed by atoms with Crippen LogP contribution >= 0.6 is 0 Å². The van der Waals surface area contributed by atoms with Crippen LogP contribution in [0, 0.1) is 5.92 Å². The van der Waals surface area contributed by atoms with Gasteiger partial charge in [-0.3, -0.25) is 4.79 Å². The lowest BCUT2D eigenvalue weighted by atomic mass is 10.0. The third-order valence-corrected chi connectivity index (χ3v) is 2.23. The summed E-state index contributed by atoms with van der Waals surface area (Å²) in [7, 11) is 0. The van der Waals surface area contributed by atoms with Crippen molar-refractivity contribution in [2.45, 2.75) is 38.9 Å². The molecule has 0 heterocycles. The van der Waals surface area contributed by atoms with E-state index in [1.54, 1.807) is 6.08 Å². The van der Waals surface area contributed by atoms with Gasteiger partial charge in [-0.15, -0.1) is 0 Å². The smallest absolute Gasteiger partial charge is 0.186 e. The van der Waals surface area contributed by atoms with Gasteiger partial charge < -0.3 is 15.0 Å². The molecule has 2 N–H and O–H groups in total. The summed E-state index contributed by atoms with van der Waals surface area (Å²) in [5, 5.41) is 18.5. The predicted octanol–water partition coefficient (Wildman–Crippen LogP) is 0.469. The van der Waals surface area contributed by atoms with Crippen molar-refractivity contribution in [3.05, 3.63) is 12.2 Å². The highest BCUT2D eigenvalue weighted by Gasteiger charge is 2.21. The molecule has 0 saturated carbocycles. The fourth-order valence-electron chi connectivity index (χ4n) is 0.911. The number of allylic oxidation sites excluding steroid dienone is 1.